The Kier molecular flexibility index (Phi) is 12.3. The van der Waals surface area contributed by atoms with Crippen molar-refractivity contribution >= 4 is 40.6 Å². The van der Waals surface area contributed by atoms with Crippen LogP contribution in [0.1, 0.15) is 0 Å². The Bertz CT molecular complexity index is 1410. The fraction of sp³-hybridized carbons (Fsp3) is 0.280. The second-order valence-corrected chi connectivity index (χ2v) is 21.0. The van der Waals surface area contributed by atoms with Crippen molar-refractivity contribution in [1.82, 2.24) is 18.9 Å². The van der Waals surface area contributed by atoms with Gasteiger partial charge in [0.25, 0.3) is 0 Å². The zero-order valence-corrected chi connectivity index (χ0v) is 30.6. The number of hydrogen-bond donors (Lipinski definition) is 2. The third-order valence-electron chi connectivity index (χ3n) is 6.55. The summed E-state index contributed by atoms with van der Waals surface area (Å²) in [4.78, 5) is 20.0. The molecule has 1 aliphatic rings. The molecule has 0 amide bonds. The van der Waals surface area contributed by atoms with Crippen molar-refractivity contribution in [3.8, 4) is 17.2 Å². The quantitative estimate of drug-likeness (QED) is 0.168. The Hall–Kier alpha value is -1.43. The second-order valence-electron chi connectivity index (χ2n) is 8.71. The third-order valence-corrected chi connectivity index (χ3v) is 21.4. The summed E-state index contributed by atoms with van der Waals surface area (Å²) in [7, 11) is -5.21. The first-order chi connectivity index (χ1) is 21.8. The van der Waals surface area contributed by atoms with Gasteiger partial charge in [0.1, 0.15) is 0 Å². The molecule has 0 bridgehead atoms. The molecular weight excluding hydrogens is 685 g/mol. The summed E-state index contributed by atoms with van der Waals surface area (Å²) in [5.41, 5.74) is 0. The maximum atomic E-state index is 7.01. The summed E-state index contributed by atoms with van der Waals surface area (Å²) in [6.07, 6.45) is 0. The van der Waals surface area contributed by atoms with E-state index in [9.17, 15) is 0 Å². The number of para-hydroxylation sites is 3. The van der Waals surface area contributed by atoms with E-state index >= 15 is 0 Å². The van der Waals surface area contributed by atoms with E-state index in [2.05, 4.69) is 9.72 Å². The van der Waals surface area contributed by atoms with Crippen LogP contribution in [0.3, 0.4) is 0 Å². The Morgan fingerprint density at radius 1 is 0.622 bits per heavy atom. The molecule has 45 heavy (non-hydrogen) atoms. The first kappa shape index (κ1) is 36.4. The molecule has 0 spiro atoms. The summed E-state index contributed by atoms with van der Waals surface area (Å²) in [6, 6.07) is 26.6. The molecule has 2 N–H and O–H groups in total. The molecule has 0 fully saturated rings. The number of nitrogens with zero attached hydrogens (tertiary/aromatic N) is 3. The molecular formula is C25H40N5O10P5. The summed E-state index contributed by atoms with van der Waals surface area (Å²) in [5, 5.41) is 0. The molecule has 3 aromatic carbocycles. The van der Waals surface area contributed by atoms with E-state index in [1.807, 2.05) is 18.2 Å². The zero-order chi connectivity index (χ0) is 32.5. The monoisotopic (exact) mass is 725 g/mol. The minimum absolute atomic E-state index is 0.268. The van der Waals surface area contributed by atoms with Gasteiger partial charge in [0.05, 0.1) is 0 Å². The van der Waals surface area contributed by atoms with Gasteiger partial charge in [0, 0.05) is 0 Å². The molecule has 0 saturated carbocycles. The van der Waals surface area contributed by atoms with E-state index < -0.39 is 22.8 Å². The fourth-order valence-corrected chi connectivity index (χ4v) is 20.5. The molecule has 20 heteroatoms. The van der Waals surface area contributed by atoms with Crippen LogP contribution >= 0.6 is 40.6 Å². The Morgan fingerprint density at radius 3 is 1.53 bits per heavy atom. The molecule has 250 valence electrons. The predicted octanol–water partition coefficient (Wildman–Crippen LogP) is 7.59. The van der Waals surface area contributed by atoms with Crippen molar-refractivity contribution < 1.29 is 45.9 Å². The normalized spacial score (nSPS) is 23.7. The van der Waals surface area contributed by atoms with Crippen LogP contribution in [0.5, 0.6) is 17.2 Å². The van der Waals surface area contributed by atoms with Crippen LogP contribution in [0.2, 0.25) is 0 Å². The van der Waals surface area contributed by atoms with Crippen LogP contribution in [0, 0.1) is 0 Å². The van der Waals surface area contributed by atoms with Gasteiger partial charge in [-0.25, -0.2) is 0 Å². The van der Waals surface area contributed by atoms with Gasteiger partial charge in [-0.05, 0) is 0 Å². The Morgan fingerprint density at radius 2 is 1.09 bits per heavy atom. The molecule has 0 saturated heterocycles. The summed E-state index contributed by atoms with van der Waals surface area (Å²) in [6.45, 7) is 0. The van der Waals surface area contributed by atoms with E-state index in [1.54, 1.807) is 72.8 Å². The number of nitrogens with one attached hydrogen (secondary N) is 2. The van der Waals surface area contributed by atoms with Crippen molar-refractivity contribution in [2.75, 3.05) is 49.8 Å². The molecule has 3 aromatic rings. The standard InChI is InChI=1S/C25H40N5O10P5/c1-31-43(32-2)27-41-26-42-28-44(33-3,34-4,35-5)30(39-24-19-13-9-14-20-24)45(36-6,37-7,40-25-21-15-10-16-22-25)29(43)38-23-17-11-8-12-18-23/h8-22,26,28,41-42H,1-7H3. The molecule has 2 atom stereocenters. The van der Waals surface area contributed by atoms with E-state index in [-0.39, 0.29) is 23.5 Å². The van der Waals surface area contributed by atoms with Crippen LogP contribution in [0.25, 0.3) is 0 Å². The van der Waals surface area contributed by atoms with Crippen molar-refractivity contribution in [2.45, 2.75) is 0 Å². The summed E-state index contributed by atoms with van der Waals surface area (Å²) >= 11 is 0. The van der Waals surface area contributed by atoms with Crippen molar-refractivity contribution in [2.24, 2.45) is 4.52 Å². The van der Waals surface area contributed by atoms with E-state index in [0.717, 1.165) is 0 Å². The van der Waals surface area contributed by atoms with Gasteiger partial charge in [-0.1, -0.05) is 0 Å². The van der Waals surface area contributed by atoms with Crippen molar-refractivity contribution in [1.29, 1.82) is 0 Å². The predicted molar refractivity (Wildman–Crippen MR) is 180 cm³/mol. The molecule has 2 unspecified atom stereocenters. The number of hydrogen-bond acceptors (Lipinski definition) is 15. The average molecular weight is 725 g/mol. The Balaban J connectivity index is 2.26. The van der Waals surface area contributed by atoms with Crippen LogP contribution in [0.4, 0.5) is 0 Å². The second kappa shape index (κ2) is 15.2. The van der Waals surface area contributed by atoms with Gasteiger partial charge in [0.15, 0.2) is 0 Å². The van der Waals surface area contributed by atoms with Gasteiger partial charge in [-0.3, -0.25) is 0 Å². The van der Waals surface area contributed by atoms with Crippen molar-refractivity contribution in [3.63, 3.8) is 0 Å². The fourth-order valence-electron chi connectivity index (χ4n) is 4.27. The molecule has 1 aliphatic heterocycles. The van der Waals surface area contributed by atoms with Crippen LogP contribution < -0.4 is 23.9 Å². The van der Waals surface area contributed by atoms with Crippen LogP contribution in [0.15, 0.2) is 95.5 Å². The van der Waals surface area contributed by atoms with Gasteiger partial charge in [-0.15, -0.1) is 0 Å². The van der Waals surface area contributed by atoms with E-state index in [0.29, 0.717) is 11.5 Å². The molecule has 1 heterocycles. The number of rotatable bonds is 13. The Labute approximate surface area is 267 Å². The summed E-state index contributed by atoms with van der Waals surface area (Å²) < 4.78 is 58.6. The van der Waals surface area contributed by atoms with Crippen LogP contribution in [-0.4, -0.2) is 59.0 Å². The molecule has 15 nitrogen and oxygen atoms in total. The number of benzene rings is 3. The van der Waals surface area contributed by atoms with Crippen LogP contribution in [-0.2, 0) is 31.7 Å². The minimum atomic E-state index is -5.65. The van der Waals surface area contributed by atoms with Gasteiger partial charge in [-0.2, -0.15) is 0 Å². The first-order valence-electron chi connectivity index (χ1n) is 13.2. The van der Waals surface area contributed by atoms with Gasteiger partial charge >= 0.3 is 268 Å². The molecule has 0 aliphatic carbocycles. The van der Waals surface area contributed by atoms with E-state index in [4.69, 9.17) is 50.4 Å². The first-order valence-corrected chi connectivity index (χ1v) is 20.5. The maximum absolute atomic E-state index is 7.01. The summed E-state index contributed by atoms with van der Waals surface area (Å²) in [5.74, 6) is 0.929. The van der Waals surface area contributed by atoms with Gasteiger partial charge in [0.2, 0.25) is 0 Å². The molecule has 0 aromatic heterocycles. The topological polar surface area (TPSA) is 135 Å². The van der Waals surface area contributed by atoms with Gasteiger partial charge < -0.3 is 0 Å². The SMILES string of the molecule is COP1(OC)=NPNPNP(OC)(OC)(OC)N(Oc2ccccc2)P(OC)(OC)(Oc2ccccc2)N1Oc1ccccc1. The average Bonchev–Trinajstić information content (AvgIpc) is 3.11. The third kappa shape index (κ3) is 6.53. The van der Waals surface area contributed by atoms with Crippen molar-refractivity contribution in [3.05, 3.63) is 91.0 Å². The molecule has 0 radical (unpaired) electrons. The zero-order valence-electron chi connectivity index (χ0n) is 25.9. The molecule has 4 rings (SSSR count). The van der Waals surface area contributed by atoms with E-state index in [1.165, 1.54) is 59.0 Å².